The fourth-order valence-electron chi connectivity index (χ4n) is 2.61. The average Bonchev–Trinajstić information content (AvgIpc) is 3.02. The van der Waals surface area contributed by atoms with E-state index < -0.39 is 0 Å². The molecule has 1 aliphatic heterocycles. The number of para-hydroxylation sites is 1. The predicted molar refractivity (Wildman–Crippen MR) is 98.8 cm³/mol. The number of rotatable bonds is 6. The molecule has 2 rings (SSSR count). The van der Waals surface area contributed by atoms with Gasteiger partial charge in [-0.15, -0.1) is 0 Å². The standard InChI is InChI=1S/C17H24N4O2S/c1-2-3-6-11-18-17(24)20-19-16(23)13-8-4-5-9-14(13)21-12-7-10-15(21)22/h4-5,8-9H,2-3,6-7,10-12H2,1H3,(H,19,23)(H2,18,20,24). The molecule has 1 aromatic rings. The molecule has 3 N–H and O–H groups in total. The molecule has 0 aromatic heterocycles. The molecular formula is C17H24N4O2S. The maximum atomic E-state index is 12.4. The van der Waals surface area contributed by atoms with Crippen molar-refractivity contribution < 1.29 is 9.59 Å². The summed E-state index contributed by atoms with van der Waals surface area (Å²) in [5.74, 6) is -0.265. The number of anilines is 1. The second-order valence-corrected chi connectivity index (χ2v) is 6.12. The van der Waals surface area contributed by atoms with Gasteiger partial charge in [-0.3, -0.25) is 20.4 Å². The van der Waals surface area contributed by atoms with E-state index in [1.165, 1.54) is 0 Å². The van der Waals surface area contributed by atoms with Gasteiger partial charge in [0, 0.05) is 19.5 Å². The highest BCUT2D eigenvalue weighted by Crippen LogP contribution is 2.25. The van der Waals surface area contributed by atoms with Crippen LogP contribution in [0.3, 0.4) is 0 Å². The lowest BCUT2D eigenvalue weighted by Crippen LogP contribution is -2.47. The van der Waals surface area contributed by atoms with Gasteiger partial charge in [0.2, 0.25) is 5.91 Å². The Balaban J connectivity index is 1.91. The summed E-state index contributed by atoms with van der Waals surface area (Å²) in [7, 11) is 0. The SMILES string of the molecule is CCCCCNC(=S)NNC(=O)c1ccccc1N1CCCC1=O. The minimum Gasteiger partial charge on any atom is -0.361 e. The second kappa shape index (κ2) is 9.22. The van der Waals surface area contributed by atoms with E-state index in [1.54, 1.807) is 23.1 Å². The minimum absolute atomic E-state index is 0.0521. The normalized spacial score (nSPS) is 13.7. The zero-order valence-electron chi connectivity index (χ0n) is 13.9. The van der Waals surface area contributed by atoms with Crippen LogP contribution in [0.1, 0.15) is 49.4 Å². The Morgan fingerprint density at radius 2 is 2.04 bits per heavy atom. The summed E-state index contributed by atoms with van der Waals surface area (Å²) in [6.07, 6.45) is 4.66. The summed E-state index contributed by atoms with van der Waals surface area (Å²) in [6.45, 7) is 3.56. The van der Waals surface area contributed by atoms with Crippen molar-refractivity contribution in [3.63, 3.8) is 0 Å². The Bertz CT molecular complexity index is 606. The minimum atomic E-state index is -0.317. The molecule has 2 amide bonds. The first-order valence-electron chi connectivity index (χ1n) is 8.37. The van der Waals surface area contributed by atoms with Crippen molar-refractivity contribution >= 4 is 34.8 Å². The lowest BCUT2D eigenvalue weighted by molar-refractivity contribution is -0.117. The van der Waals surface area contributed by atoms with Gasteiger partial charge < -0.3 is 10.2 Å². The van der Waals surface area contributed by atoms with Crippen molar-refractivity contribution in [3.8, 4) is 0 Å². The van der Waals surface area contributed by atoms with Crippen molar-refractivity contribution in [1.29, 1.82) is 0 Å². The van der Waals surface area contributed by atoms with Crippen molar-refractivity contribution in [2.45, 2.75) is 39.0 Å². The molecular weight excluding hydrogens is 324 g/mol. The molecule has 0 bridgehead atoms. The molecule has 0 radical (unpaired) electrons. The fraction of sp³-hybridized carbons (Fsp3) is 0.471. The molecule has 24 heavy (non-hydrogen) atoms. The van der Waals surface area contributed by atoms with Gasteiger partial charge in [0.1, 0.15) is 0 Å². The molecule has 0 atom stereocenters. The van der Waals surface area contributed by atoms with Gasteiger partial charge >= 0.3 is 0 Å². The molecule has 130 valence electrons. The molecule has 0 spiro atoms. The Morgan fingerprint density at radius 1 is 1.25 bits per heavy atom. The second-order valence-electron chi connectivity index (χ2n) is 5.71. The molecule has 6 nitrogen and oxygen atoms in total. The third-order valence-corrected chi connectivity index (χ3v) is 4.11. The maximum Gasteiger partial charge on any atom is 0.271 e. The number of hydrogen-bond donors (Lipinski definition) is 3. The highest BCUT2D eigenvalue weighted by Gasteiger charge is 2.25. The monoisotopic (exact) mass is 348 g/mol. The molecule has 1 aliphatic rings. The van der Waals surface area contributed by atoms with Crippen LogP contribution in [0.2, 0.25) is 0 Å². The highest BCUT2D eigenvalue weighted by molar-refractivity contribution is 7.80. The van der Waals surface area contributed by atoms with E-state index in [1.807, 2.05) is 6.07 Å². The largest absolute Gasteiger partial charge is 0.361 e. The van der Waals surface area contributed by atoms with Gasteiger partial charge in [-0.2, -0.15) is 0 Å². The zero-order valence-corrected chi connectivity index (χ0v) is 14.7. The molecule has 0 saturated carbocycles. The summed E-state index contributed by atoms with van der Waals surface area (Å²) >= 11 is 5.13. The van der Waals surface area contributed by atoms with E-state index in [9.17, 15) is 9.59 Å². The van der Waals surface area contributed by atoms with E-state index >= 15 is 0 Å². The molecule has 1 saturated heterocycles. The van der Waals surface area contributed by atoms with Crippen molar-refractivity contribution in [1.82, 2.24) is 16.2 Å². The van der Waals surface area contributed by atoms with Crippen LogP contribution in [0, 0.1) is 0 Å². The predicted octanol–water partition coefficient (Wildman–Crippen LogP) is 2.11. The smallest absolute Gasteiger partial charge is 0.271 e. The first-order valence-corrected chi connectivity index (χ1v) is 8.78. The number of carbonyl (C=O) groups excluding carboxylic acids is 2. The van der Waals surface area contributed by atoms with E-state index in [4.69, 9.17) is 12.2 Å². The summed E-state index contributed by atoms with van der Waals surface area (Å²) in [4.78, 5) is 26.0. The van der Waals surface area contributed by atoms with Gasteiger partial charge in [-0.05, 0) is 37.2 Å². The average molecular weight is 348 g/mol. The summed E-state index contributed by atoms with van der Waals surface area (Å²) < 4.78 is 0. The molecule has 0 aliphatic carbocycles. The number of benzene rings is 1. The van der Waals surface area contributed by atoms with Crippen LogP contribution in [0.25, 0.3) is 0 Å². The molecule has 7 heteroatoms. The van der Waals surface area contributed by atoms with Crippen LogP contribution in [-0.2, 0) is 4.79 Å². The Kier molecular flexibility index (Phi) is 6.99. The van der Waals surface area contributed by atoms with Gasteiger partial charge in [0.05, 0.1) is 11.3 Å². The van der Waals surface area contributed by atoms with Crippen LogP contribution in [0.4, 0.5) is 5.69 Å². The highest BCUT2D eigenvalue weighted by atomic mass is 32.1. The number of nitrogens with zero attached hydrogens (tertiary/aromatic N) is 1. The topological polar surface area (TPSA) is 73.5 Å². The van der Waals surface area contributed by atoms with E-state index in [0.717, 1.165) is 32.2 Å². The third-order valence-electron chi connectivity index (χ3n) is 3.87. The number of thiocarbonyl (C=S) groups is 1. The van der Waals surface area contributed by atoms with Crippen molar-refractivity contribution in [3.05, 3.63) is 29.8 Å². The lowest BCUT2D eigenvalue weighted by Gasteiger charge is -2.19. The third kappa shape index (κ3) is 4.92. The number of hydrogen-bond acceptors (Lipinski definition) is 3. The van der Waals surface area contributed by atoms with Crippen LogP contribution in [-0.4, -0.2) is 30.0 Å². The van der Waals surface area contributed by atoms with Crippen LogP contribution >= 0.6 is 12.2 Å². The number of hydrazine groups is 1. The molecule has 1 aromatic carbocycles. The Hall–Kier alpha value is -2.15. The Labute approximate surface area is 148 Å². The number of carbonyl (C=O) groups is 2. The van der Waals surface area contributed by atoms with Crippen LogP contribution in [0.15, 0.2) is 24.3 Å². The van der Waals surface area contributed by atoms with E-state index in [-0.39, 0.29) is 11.8 Å². The van der Waals surface area contributed by atoms with Gasteiger partial charge in [0.25, 0.3) is 5.91 Å². The van der Waals surface area contributed by atoms with Crippen LogP contribution < -0.4 is 21.1 Å². The van der Waals surface area contributed by atoms with E-state index in [0.29, 0.717) is 29.3 Å². The fourth-order valence-corrected chi connectivity index (χ4v) is 2.76. The Morgan fingerprint density at radius 3 is 2.75 bits per heavy atom. The van der Waals surface area contributed by atoms with Crippen LogP contribution in [0.5, 0.6) is 0 Å². The van der Waals surface area contributed by atoms with Gasteiger partial charge in [-0.25, -0.2) is 0 Å². The van der Waals surface area contributed by atoms with Gasteiger partial charge in [-0.1, -0.05) is 31.9 Å². The van der Waals surface area contributed by atoms with Crippen molar-refractivity contribution in [2.75, 3.05) is 18.0 Å². The summed E-state index contributed by atoms with van der Waals surface area (Å²) in [6, 6.07) is 7.10. The molecule has 1 heterocycles. The first-order chi connectivity index (χ1) is 11.6. The van der Waals surface area contributed by atoms with Gasteiger partial charge in [0.15, 0.2) is 5.11 Å². The van der Waals surface area contributed by atoms with E-state index in [2.05, 4.69) is 23.1 Å². The number of nitrogens with one attached hydrogen (secondary N) is 3. The molecule has 1 fully saturated rings. The maximum absolute atomic E-state index is 12.4. The summed E-state index contributed by atoms with van der Waals surface area (Å²) in [5.41, 5.74) is 6.38. The number of unbranched alkanes of at least 4 members (excludes halogenated alkanes) is 2. The number of amides is 2. The lowest BCUT2D eigenvalue weighted by atomic mass is 10.1. The zero-order chi connectivity index (χ0) is 17.4. The van der Waals surface area contributed by atoms with Crippen molar-refractivity contribution in [2.24, 2.45) is 0 Å². The first kappa shape index (κ1) is 18.2. The summed E-state index contributed by atoms with van der Waals surface area (Å²) in [5, 5.41) is 3.43. The molecule has 0 unspecified atom stereocenters. The quantitative estimate of drug-likeness (QED) is 0.417.